The number of carbonyl (C=O) groups is 2. The van der Waals surface area contributed by atoms with Crippen LogP contribution in [0.2, 0.25) is 0 Å². The summed E-state index contributed by atoms with van der Waals surface area (Å²) < 4.78 is 2.98. The van der Waals surface area contributed by atoms with Gasteiger partial charge in [0.05, 0.1) is 5.56 Å². The number of anilines is 2. The highest BCUT2D eigenvalue weighted by Crippen LogP contribution is 2.42. The number of hydrogen-bond acceptors (Lipinski definition) is 7. The van der Waals surface area contributed by atoms with E-state index in [0.29, 0.717) is 28.8 Å². The van der Waals surface area contributed by atoms with Crippen LogP contribution in [0.4, 0.5) is 11.6 Å². The first-order valence-corrected chi connectivity index (χ1v) is 14.4. The third-order valence-corrected chi connectivity index (χ3v) is 8.51. The van der Waals surface area contributed by atoms with E-state index in [-0.39, 0.29) is 29.3 Å². The van der Waals surface area contributed by atoms with Gasteiger partial charge in [-0.05, 0) is 75.6 Å². The van der Waals surface area contributed by atoms with E-state index in [1.54, 1.807) is 0 Å². The Labute approximate surface area is 230 Å². The van der Waals surface area contributed by atoms with Gasteiger partial charge in [0.1, 0.15) is 16.7 Å². The summed E-state index contributed by atoms with van der Waals surface area (Å²) >= 11 is 1.19. The van der Waals surface area contributed by atoms with Crippen molar-refractivity contribution in [1.82, 2.24) is 14.7 Å². The smallest absolute Gasteiger partial charge is 0.303 e. The maximum absolute atomic E-state index is 13.5. The second kappa shape index (κ2) is 11.1. The largest absolute Gasteiger partial charge is 0.481 e. The van der Waals surface area contributed by atoms with Crippen molar-refractivity contribution >= 4 is 35.5 Å². The van der Waals surface area contributed by atoms with Crippen molar-refractivity contribution in [1.29, 1.82) is 0 Å². The zero-order valence-electron chi connectivity index (χ0n) is 23.4. The normalized spacial score (nSPS) is 23.5. The molecular formula is C29H41N5O3S. The number of nitrogens with zero attached hydrogens (tertiary/aromatic N) is 3. The maximum Gasteiger partial charge on any atom is 0.303 e. The van der Waals surface area contributed by atoms with Crippen LogP contribution in [0.5, 0.6) is 0 Å². The van der Waals surface area contributed by atoms with Crippen LogP contribution in [-0.4, -0.2) is 45.1 Å². The first kappa shape index (κ1) is 28.2. The second-order valence-corrected chi connectivity index (χ2v) is 13.3. The summed E-state index contributed by atoms with van der Waals surface area (Å²) in [5, 5.41) is 13.4. The number of pyridine rings is 2. The molecule has 38 heavy (non-hydrogen) atoms. The third kappa shape index (κ3) is 6.60. The molecule has 1 amide bonds. The lowest BCUT2D eigenvalue weighted by atomic mass is 9.83. The summed E-state index contributed by atoms with van der Waals surface area (Å²) in [6, 6.07) is 9.69. The highest BCUT2D eigenvalue weighted by molar-refractivity contribution is 7.97. The summed E-state index contributed by atoms with van der Waals surface area (Å²) in [7, 11) is 0. The molecule has 0 aromatic carbocycles. The Kier molecular flexibility index (Phi) is 8.26. The van der Waals surface area contributed by atoms with Crippen LogP contribution in [0.3, 0.4) is 0 Å². The van der Waals surface area contributed by atoms with Gasteiger partial charge >= 0.3 is 5.97 Å². The predicted octanol–water partition coefficient (Wildman–Crippen LogP) is 5.89. The van der Waals surface area contributed by atoms with E-state index in [1.807, 2.05) is 30.3 Å². The minimum atomic E-state index is -0.767. The molecule has 2 aliphatic heterocycles. The molecule has 2 aromatic heterocycles. The minimum absolute atomic E-state index is 0.104. The number of amides is 1. The molecule has 0 radical (unpaired) electrons. The molecule has 9 heteroatoms. The first-order chi connectivity index (χ1) is 17.8. The van der Waals surface area contributed by atoms with Crippen LogP contribution in [0, 0.1) is 11.8 Å². The van der Waals surface area contributed by atoms with Gasteiger partial charge in [0, 0.05) is 47.6 Å². The lowest BCUT2D eigenvalue weighted by Crippen LogP contribution is -2.40. The van der Waals surface area contributed by atoms with Crippen LogP contribution < -0.4 is 14.9 Å². The number of carbonyl (C=O) groups excluding carboxylic acids is 1. The minimum Gasteiger partial charge on any atom is -0.481 e. The van der Waals surface area contributed by atoms with E-state index < -0.39 is 5.97 Å². The number of rotatable bonds is 4. The van der Waals surface area contributed by atoms with Gasteiger partial charge in [0.2, 0.25) is 0 Å². The molecule has 4 bridgehead atoms. The number of hydrogen-bond donors (Lipinski definition) is 3. The molecule has 206 valence electrons. The van der Waals surface area contributed by atoms with Crippen LogP contribution in [0.1, 0.15) is 89.7 Å². The number of nitrogens with one attached hydrogen (secondary N) is 2. The van der Waals surface area contributed by atoms with Gasteiger partial charge in [0.25, 0.3) is 5.91 Å². The Hall–Kier alpha value is -2.81. The number of carboxylic acids is 1. The average molecular weight is 540 g/mol. The highest BCUT2D eigenvalue weighted by atomic mass is 32.2. The fourth-order valence-corrected chi connectivity index (χ4v) is 6.20. The van der Waals surface area contributed by atoms with Crippen LogP contribution in [-0.2, 0) is 10.2 Å². The summed E-state index contributed by atoms with van der Waals surface area (Å²) in [5.74, 6) is 1.30. The summed E-state index contributed by atoms with van der Waals surface area (Å²) in [6.07, 6.45) is 3.42. The molecular weight excluding hydrogens is 498 g/mol. The average Bonchev–Trinajstić information content (AvgIpc) is 3.16. The molecule has 1 saturated heterocycles. The van der Waals surface area contributed by atoms with Crippen molar-refractivity contribution in [2.45, 2.75) is 95.7 Å². The van der Waals surface area contributed by atoms with Gasteiger partial charge < -0.3 is 15.3 Å². The summed E-state index contributed by atoms with van der Waals surface area (Å²) in [4.78, 5) is 36.8. The predicted molar refractivity (Wildman–Crippen MR) is 153 cm³/mol. The summed E-state index contributed by atoms with van der Waals surface area (Å²) in [6.45, 7) is 14.0. The van der Waals surface area contributed by atoms with E-state index in [9.17, 15) is 14.7 Å². The van der Waals surface area contributed by atoms with Crippen molar-refractivity contribution in [3.8, 4) is 0 Å². The number of aliphatic carboxylic acids is 1. The zero-order chi connectivity index (χ0) is 27.7. The number of aromatic nitrogens is 2. The van der Waals surface area contributed by atoms with Gasteiger partial charge in [0.15, 0.2) is 0 Å². The Balaban J connectivity index is 1.73. The summed E-state index contributed by atoms with van der Waals surface area (Å²) in [5.41, 5.74) is 1.22. The Morgan fingerprint density at radius 1 is 1.21 bits per heavy atom. The molecule has 4 heterocycles. The number of carboxylic acid groups (broad SMARTS) is 1. The van der Waals surface area contributed by atoms with E-state index in [2.05, 4.69) is 56.5 Å². The van der Waals surface area contributed by atoms with Crippen LogP contribution >= 0.6 is 11.9 Å². The lowest BCUT2D eigenvalue weighted by Gasteiger charge is -2.34. The fraction of sp³-hybridized carbons (Fsp3) is 0.586. The van der Waals surface area contributed by atoms with E-state index in [0.717, 1.165) is 43.1 Å². The van der Waals surface area contributed by atoms with Gasteiger partial charge in [-0.15, -0.1) is 0 Å². The van der Waals surface area contributed by atoms with Crippen molar-refractivity contribution in [2.24, 2.45) is 11.8 Å². The van der Waals surface area contributed by atoms with Gasteiger partial charge in [-0.2, -0.15) is 0 Å². The molecule has 0 aliphatic carbocycles. The molecule has 1 fully saturated rings. The topological polar surface area (TPSA) is 107 Å². The molecule has 3 unspecified atom stereocenters. The Morgan fingerprint density at radius 2 is 1.97 bits per heavy atom. The molecule has 3 atom stereocenters. The SMILES string of the molecule is CC1CC(CCCC(=O)O)Nc2cccc(n2)SNC(=O)c2ccc(C(C)(C)C)nc2N2CC1CC2(C)C. The van der Waals surface area contributed by atoms with Crippen LogP contribution in [0.25, 0.3) is 0 Å². The molecule has 2 aromatic rings. The van der Waals surface area contributed by atoms with Crippen molar-refractivity contribution < 1.29 is 14.7 Å². The standard InChI is InChI=1S/C29H41N5O3S/c1-18-15-20(9-7-12-25(35)36)30-23-10-8-11-24(32-23)38-33-27(37)21-13-14-22(28(2,3)4)31-26(21)34-17-19(18)16-29(34,5)6/h8,10-11,13-14,18-20H,7,9,12,15-17H2,1-6H3,(H,30,32)(H,33,37)(H,35,36). The Morgan fingerprint density at radius 3 is 2.68 bits per heavy atom. The maximum atomic E-state index is 13.5. The van der Waals surface area contributed by atoms with E-state index in [1.165, 1.54) is 11.9 Å². The van der Waals surface area contributed by atoms with E-state index in [4.69, 9.17) is 9.97 Å². The molecule has 4 rings (SSSR count). The molecule has 0 saturated carbocycles. The lowest BCUT2D eigenvalue weighted by molar-refractivity contribution is -0.137. The third-order valence-electron chi connectivity index (χ3n) is 7.78. The fourth-order valence-electron chi connectivity index (χ4n) is 5.61. The van der Waals surface area contributed by atoms with E-state index >= 15 is 0 Å². The van der Waals surface area contributed by atoms with Crippen molar-refractivity contribution in [3.05, 3.63) is 41.6 Å². The second-order valence-electron chi connectivity index (χ2n) is 12.4. The van der Waals surface area contributed by atoms with Crippen LogP contribution in [0.15, 0.2) is 35.4 Å². The number of fused-ring (bicyclic) bond motifs is 6. The Bertz CT molecular complexity index is 1180. The quantitative estimate of drug-likeness (QED) is 0.413. The molecule has 2 aliphatic rings. The highest BCUT2D eigenvalue weighted by Gasteiger charge is 2.43. The van der Waals surface area contributed by atoms with Crippen molar-refractivity contribution in [2.75, 3.05) is 16.8 Å². The van der Waals surface area contributed by atoms with Crippen molar-refractivity contribution in [3.63, 3.8) is 0 Å². The van der Waals surface area contributed by atoms with Gasteiger partial charge in [-0.3, -0.25) is 14.3 Å². The molecule has 0 spiro atoms. The first-order valence-electron chi connectivity index (χ1n) is 13.6. The van der Waals surface area contributed by atoms with Gasteiger partial charge in [-0.25, -0.2) is 9.97 Å². The molecule has 3 N–H and O–H groups in total. The zero-order valence-corrected chi connectivity index (χ0v) is 24.2. The molecule has 8 nitrogen and oxygen atoms in total. The monoisotopic (exact) mass is 539 g/mol. The van der Waals surface area contributed by atoms with Gasteiger partial charge in [-0.1, -0.05) is 33.8 Å².